The highest BCUT2D eigenvalue weighted by molar-refractivity contribution is 6.01. The van der Waals surface area contributed by atoms with Gasteiger partial charge in [-0.05, 0) is 24.8 Å². The molecule has 3 atom stereocenters. The van der Waals surface area contributed by atoms with Crippen LogP contribution >= 0.6 is 0 Å². The Labute approximate surface area is 110 Å². The van der Waals surface area contributed by atoms with E-state index in [0.29, 0.717) is 23.2 Å². The lowest BCUT2D eigenvalue weighted by Gasteiger charge is -2.20. The first-order valence-corrected chi connectivity index (χ1v) is 6.43. The van der Waals surface area contributed by atoms with Crippen LogP contribution in [0.15, 0.2) is 17.4 Å². The number of hydrogen-bond acceptors (Lipinski definition) is 6. The van der Waals surface area contributed by atoms with Gasteiger partial charge in [0.1, 0.15) is 0 Å². The Morgan fingerprint density at radius 2 is 2.26 bits per heavy atom. The Morgan fingerprint density at radius 1 is 1.42 bits per heavy atom. The van der Waals surface area contributed by atoms with Gasteiger partial charge in [-0.2, -0.15) is 5.10 Å². The molecule has 4 N–H and O–H groups in total. The molecule has 7 nitrogen and oxygen atoms in total. The molecule has 1 aromatic heterocycles. The van der Waals surface area contributed by atoms with Crippen molar-refractivity contribution in [3.05, 3.63) is 17.8 Å². The molecule has 0 bridgehead atoms. The molecule has 1 saturated heterocycles. The maximum Gasteiger partial charge on any atom is 0.173 e. The Kier molecular flexibility index (Phi) is 2.98. The number of aliphatic hydroxyl groups excluding tert-OH is 1. The van der Waals surface area contributed by atoms with Gasteiger partial charge in [-0.15, -0.1) is 5.10 Å². The SMILES string of the molecule is N/C(=N/O)c1ccnnc1N1CC2CCC(O)C2C1. The third-order valence-corrected chi connectivity index (χ3v) is 4.20. The van der Waals surface area contributed by atoms with Gasteiger partial charge in [-0.25, -0.2) is 0 Å². The van der Waals surface area contributed by atoms with E-state index in [9.17, 15) is 5.11 Å². The van der Waals surface area contributed by atoms with E-state index in [2.05, 4.69) is 20.3 Å². The third-order valence-electron chi connectivity index (χ3n) is 4.20. The van der Waals surface area contributed by atoms with Crippen LogP contribution in [-0.4, -0.2) is 45.5 Å². The third kappa shape index (κ3) is 1.99. The van der Waals surface area contributed by atoms with Crippen LogP contribution in [-0.2, 0) is 0 Å². The monoisotopic (exact) mass is 263 g/mol. The van der Waals surface area contributed by atoms with Crippen LogP contribution in [0.2, 0.25) is 0 Å². The summed E-state index contributed by atoms with van der Waals surface area (Å²) in [5.74, 6) is 1.45. The van der Waals surface area contributed by atoms with Gasteiger partial charge in [-0.3, -0.25) is 0 Å². The van der Waals surface area contributed by atoms with Crippen LogP contribution in [0.5, 0.6) is 0 Å². The van der Waals surface area contributed by atoms with Crippen molar-refractivity contribution < 1.29 is 10.3 Å². The fourth-order valence-electron chi connectivity index (χ4n) is 3.22. The first kappa shape index (κ1) is 12.2. The number of nitrogens with two attached hydrogens (primary N) is 1. The van der Waals surface area contributed by atoms with Gasteiger partial charge in [0.05, 0.1) is 17.9 Å². The summed E-state index contributed by atoms with van der Waals surface area (Å²) in [6, 6.07) is 1.68. The smallest absolute Gasteiger partial charge is 0.173 e. The molecule has 1 saturated carbocycles. The van der Waals surface area contributed by atoms with Crippen molar-refractivity contribution >= 4 is 11.7 Å². The van der Waals surface area contributed by atoms with E-state index < -0.39 is 0 Å². The van der Waals surface area contributed by atoms with Crippen LogP contribution in [0.25, 0.3) is 0 Å². The minimum Gasteiger partial charge on any atom is -0.409 e. The predicted octanol–water partition coefficient (Wildman–Crippen LogP) is -0.222. The first-order valence-electron chi connectivity index (χ1n) is 6.43. The van der Waals surface area contributed by atoms with E-state index in [0.717, 1.165) is 25.9 Å². The van der Waals surface area contributed by atoms with E-state index in [4.69, 9.17) is 10.9 Å². The quantitative estimate of drug-likeness (QED) is 0.294. The molecule has 2 fully saturated rings. The second-order valence-electron chi connectivity index (χ2n) is 5.23. The summed E-state index contributed by atoms with van der Waals surface area (Å²) < 4.78 is 0. The molecule has 1 aliphatic heterocycles. The molecule has 0 aromatic carbocycles. The van der Waals surface area contributed by atoms with Gasteiger partial charge >= 0.3 is 0 Å². The lowest BCUT2D eigenvalue weighted by Crippen LogP contribution is -2.28. The minimum absolute atomic E-state index is 0.0301. The van der Waals surface area contributed by atoms with Gasteiger partial charge in [-0.1, -0.05) is 5.16 Å². The number of aromatic nitrogens is 2. The van der Waals surface area contributed by atoms with Gasteiger partial charge < -0.3 is 20.9 Å². The lowest BCUT2D eigenvalue weighted by molar-refractivity contribution is 0.133. The zero-order valence-corrected chi connectivity index (χ0v) is 10.5. The Balaban J connectivity index is 1.88. The average molecular weight is 263 g/mol. The molecule has 7 heteroatoms. The van der Waals surface area contributed by atoms with Crippen LogP contribution in [0.3, 0.4) is 0 Å². The molecule has 0 amide bonds. The van der Waals surface area contributed by atoms with E-state index in [1.807, 2.05) is 0 Å². The highest BCUT2D eigenvalue weighted by Crippen LogP contribution is 2.39. The molecule has 3 rings (SSSR count). The predicted molar refractivity (Wildman–Crippen MR) is 69.0 cm³/mol. The van der Waals surface area contributed by atoms with E-state index in [-0.39, 0.29) is 11.9 Å². The van der Waals surface area contributed by atoms with Crippen molar-refractivity contribution in [2.24, 2.45) is 22.7 Å². The normalized spacial score (nSPS) is 30.7. The molecular formula is C12H17N5O2. The maximum atomic E-state index is 9.94. The molecule has 0 radical (unpaired) electrons. The van der Waals surface area contributed by atoms with E-state index in [1.54, 1.807) is 6.07 Å². The van der Waals surface area contributed by atoms with Crippen LogP contribution in [0.4, 0.5) is 5.82 Å². The summed E-state index contributed by atoms with van der Waals surface area (Å²) >= 11 is 0. The second kappa shape index (κ2) is 4.65. The van der Waals surface area contributed by atoms with Crippen molar-refractivity contribution in [1.29, 1.82) is 0 Å². The second-order valence-corrected chi connectivity index (χ2v) is 5.23. The Hall–Kier alpha value is -1.89. The number of anilines is 1. The van der Waals surface area contributed by atoms with Gasteiger partial charge in [0, 0.05) is 19.0 Å². The topological polar surface area (TPSA) is 108 Å². The highest BCUT2D eigenvalue weighted by atomic mass is 16.4. The summed E-state index contributed by atoms with van der Waals surface area (Å²) in [5, 5.41) is 29.8. The summed E-state index contributed by atoms with van der Waals surface area (Å²) in [6.07, 6.45) is 3.22. The number of oxime groups is 1. The number of fused-ring (bicyclic) bond motifs is 1. The summed E-state index contributed by atoms with van der Waals surface area (Å²) in [7, 11) is 0. The molecule has 1 aromatic rings. The largest absolute Gasteiger partial charge is 0.409 e. The van der Waals surface area contributed by atoms with Crippen molar-refractivity contribution in [2.75, 3.05) is 18.0 Å². The molecular weight excluding hydrogens is 246 g/mol. The number of nitrogens with zero attached hydrogens (tertiary/aromatic N) is 4. The highest BCUT2D eigenvalue weighted by Gasteiger charge is 2.42. The van der Waals surface area contributed by atoms with Crippen molar-refractivity contribution in [3.63, 3.8) is 0 Å². The molecule has 2 aliphatic rings. The van der Waals surface area contributed by atoms with Crippen molar-refractivity contribution in [3.8, 4) is 0 Å². The minimum atomic E-state index is -0.223. The number of hydrogen-bond donors (Lipinski definition) is 3. The molecule has 2 heterocycles. The van der Waals surface area contributed by atoms with E-state index >= 15 is 0 Å². The molecule has 102 valence electrons. The fraction of sp³-hybridized carbons (Fsp3) is 0.583. The summed E-state index contributed by atoms with van der Waals surface area (Å²) in [6.45, 7) is 1.59. The maximum absolute atomic E-state index is 9.94. The number of amidine groups is 1. The molecule has 1 aliphatic carbocycles. The van der Waals surface area contributed by atoms with Crippen LogP contribution < -0.4 is 10.6 Å². The van der Waals surface area contributed by atoms with Gasteiger partial charge in [0.15, 0.2) is 11.7 Å². The van der Waals surface area contributed by atoms with Gasteiger partial charge in [0.2, 0.25) is 0 Å². The van der Waals surface area contributed by atoms with E-state index in [1.165, 1.54) is 6.20 Å². The summed E-state index contributed by atoms with van der Waals surface area (Å²) in [4.78, 5) is 2.07. The standard InChI is InChI=1S/C12H17N5O2/c13-11(16-19)8-3-4-14-15-12(8)17-5-7-1-2-10(18)9(7)6-17/h3-4,7,9-10,18-19H,1-2,5-6H2,(H2,13,16). The van der Waals surface area contributed by atoms with Crippen LogP contribution in [0.1, 0.15) is 18.4 Å². The van der Waals surface area contributed by atoms with Crippen LogP contribution in [0, 0.1) is 11.8 Å². The zero-order valence-electron chi connectivity index (χ0n) is 10.5. The van der Waals surface area contributed by atoms with Crippen molar-refractivity contribution in [2.45, 2.75) is 18.9 Å². The average Bonchev–Trinajstić information content (AvgIpc) is 3.00. The Morgan fingerprint density at radius 3 is 3.00 bits per heavy atom. The number of aliphatic hydroxyl groups is 1. The lowest BCUT2D eigenvalue weighted by atomic mass is 10.00. The first-order chi connectivity index (χ1) is 9.20. The molecule has 0 spiro atoms. The molecule has 3 unspecified atom stereocenters. The van der Waals surface area contributed by atoms with Crippen molar-refractivity contribution in [1.82, 2.24) is 10.2 Å². The molecule has 19 heavy (non-hydrogen) atoms. The zero-order chi connectivity index (χ0) is 13.4. The number of rotatable bonds is 2. The fourth-order valence-corrected chi connectivity index (χ4v) is 3.22. The van der Waals surface area contributed by atoms with Gasteiger partial charge in [0.25, 0.3) is 0 Å². The summed E-state index contributed by atoms with van der Waals surface area (Å²) in [5.41, 5.74) is 6.24. The Bertz CT molecular complexity index is 507.